The number of ether oxygens (including phenoxy) is 1. The molecule has 6 nitrogen and oxygen atoms in total. The van der Waals surface area contributed by atoms with E-state index in [1.54, 1.807) is 26.8 Å². The first-order chi connectivity index (χ1) is 24.1. The van der Waals surface area contributed by atoms with E-state index in [9.17, 15) is 23.9 Å². The maximum absolute atomic E-state index is 14.2. The Morgan fingerprint density at radius 2 is 1.65 bits per heavy atom. The van der Waals surface area contributed by atoms with E-state index in [-0.39, 0.29) is 51.3 Å². The Bertz CT molecular complexity index is 1620. The van der Waals surface area contributed by atoms with Gasteiger partial charge in [0.2, 0.25) is 5.91 Å². The zero-order valence-electron chi connectivity index (χ0n) is 33.6. The predicted octanol–water partition coefficient (Wildman–Crippen LogP) is 10.2. The molecule has 0 radical (unpaired) electrons. The summed E-state index contributed by atoms with van der Waals surface area (Å²) in [7, 11) is 0. The van der Waals surface area contributed by atoms with Gasteiger partial charge in [-0.15, -0.1) is 0 Å². The van der Waals surface area contributed by atoms with E-state index in [1.165, 1.54) is 24.5 Å². The molecule has 0 heterocycles. The van der Waals surface area contributed by atoms with E-state index in [0.717, 1.165) is 56.9 Å². The molecule has 288 valence electrons. The Labute approximate surface area is 312 Å². The second-order valence-electron chi connectivity index (χ2n) is 20.3. The number of hydrogen-bond donors (Lipinski definition) is 2. The number of carbonyl (C=O) groups excluding carboxylic acids is 2. The molecule has 0 bridgehead atoms. The third-order valence-corrected chi connectivity index (χ3v) is 16.9. The van der Waals surface area contributed by atoms with Gasteiger partial charge in [-0.3, -0.25) is 14.4 Å². The van der Waals surface area contributed by atoms with Crippen LogP contribution in [0.4, 0.5) is 4.39 Å². The second-order valence-corrected chi connectivity index (χ2v) is 20.3. The van der Waals surface area contributed by atoms with Crippen molar-refractivity contribution >= 4 is 17.8 Å². The number of halogens is 1. The fourth-order valence-corrected chi connectivity index (χ4v) is 13.7. The number of carbonyl (C=O) groups is 3. The number of esters is 1. The molecule has 5 aliphatic rings. The molecule has 0 saturated heterocycles. The minimum Gasteiger partial charge on any atom is -0.481 e. The molecule has 6 rings (SSSR count). The molecular formula is C45H66FNO5. The van der Waals surface area contributed by atoms with Gasteiger partial charge in [-0.1, -0.05) is 58.9 Å². The van der Waals surface area contributed by atoms with Crippen LogP contribution in [0.5, 0.6) is 0 Å². The van der Waals surface area contributed by atoms with Gasteiger partial charge in [-0.2, -0.15) is 0 Å². The number of hydrogen-bond acceptors (Lipinski definition) is 4. The van der Waals surface area contributed by atoms with E-state index in [1.807, 2.05) is 6.07 Å². The number of allylic oxidation sites excluding steroid dienone is 1. The van der Waals surface area contributed by atoms with Crippen LogP contribution in [-0.4, -0.2) is 29.1 Å². The number of aryl methyl sites for hydroxylation is 1. The summed E-state index contributed by atoms with van der Waals surface area (Å²) in [5, 5.41) is 12.8. The van der Waals surface area contributed by atoms with Crippen LogP contribution in [0, 0.1) is 74.8 Å². The molecule has 52 heavy (non-hydrogen) atoms. The van der Waals surface area contributed by atoms with Gasteiger partial charge in [0.25, 0.3) is 0 Å². The van der Waals surface area contributed by atoms with Crippen molar-refractivity contribution in [1.82, 2.24) is 5.32 Å². The molecule has 5 fully saturated rings. The lowest BCUT2D eigenvalue weighted by molar-refractivity contribution is -0.250. The third kappa shape index (κ3) is 6.16. The molecule has 5 aliphatic carbocycles. The maximum atomic E-state index is 14.2. The number of fused-ring (bicyclic) bond motifs is 7. The SMILES string of the molecule is C=C(C)[C@@H]1CC[C@]2(CC(=O)NCc3ccc(C)c(F)c3)CC[C@]3(C)[C@H](CC[C@@H]4[C@@]5(C)CC[C@H](OC(=O)CC(C)(C)C(=O)O)C(C)(C)[C@@H]5CC[C@]43C)[C@@H]12. The summed E-state index contributed by atoms with van der Waals surface area (Å²) in [6, 6.07) is 5.21. The smallest absolute Gasteiger partial charge is 0.309 e. The quantitative estimate of drug-likeness (QED) is 0.196. The number of carboxylic acid groups (broad SMARTS) is 1. The molecule has 0 spiro atoms. The first-order valence-electron chi connectivity index (χ1n) is 20.2. The Morgan fingerprint density at radius 3 is 2.31 bits per heavy atom. The van der Waals surface area contributed by atoms with Gasteiger partial charge >= 0.3 is 11.9 Å². The number of carboxylic acids is 1. The van der Waals surface area contributed by atoms with Crippen molar-refractivity contribution in [3.8, 4) is 0 Å². The first kappa shape index (κ1) is 39.0. The lowest BCUT2D eigenvalue weighted by atomic mass is 9.32. The van der Waals surface area contributed by atoms with Gasteiger partial charge in [0, 0.05) is 18.4 Å². The fourth-order valence-electron chi connectivity index (χ4n) is 13.7. The van der Waals surface area contributed by atoms with Crippen LogP contribution >= 0.6 is 0 Å². The third-order valence-electron chi connectivity index (χ3n) is 16.9. The minimum absolute atomic E-state index is 0.0418. The van der Waals surface area contributed by atoms with Gasteiger partial charge in [0.15, 0.2) is 0 Å². The number of aliphatic carboxylic acids is 1. The molecule has 1 aromatic carbocycles. The van der Waals surface area contributed by atoms with Gasteiger partial charge < -0.3 is 15.2 Å². The van der Waals surface area contributed by atoms with Crippen molar-refractivity contribution in [1.29, 1.82) is 0 Å². The summed E-state index contributed by atoms with van der Waals surface area (Å²) in [6.07, 6.45) is 10.9. The van der Waals surface area contributed by atoms with Crippen molar-refractivity contribution in [2.45, 2.75) is 152 Å². The van der Waals surface area contributed by atoms with Gasteiger partial charge in [0.05, 0.1) is 11.8 Å². The van der Waals surface area contributed by atoms with E-state index in [0.29, 0.717) is 48.1 Å². The zero-order valence-corrected chi connectivity index (χ0v) is 33.6. The van der Waals surface area contributed by atoms with Crippen LogP contribution in [0.25, 0.3) is 0 Å². The summed E-state index contributed by atoms with van der Waals surface area (Å²) in [5.74, 6) is 0.780. The molecule has 0 aromatic heterocycles. The monoisotopic (exact) mass is 719 g/mol. The molecule has 5 saturated carbocycles. The second kappa shape index (κ2) is 13.3. The fraction of sp³-hybridized carbons (Fsp3) is 0.756. The minimum atomic E-state index is -1.16. The Balaban J connectivity index is 1.22. The van der Waals surface area contributed by atoms with E-state index in [4.69, 9.17) is 4.74 Å². The molecule has 0 unspecified atom stereocenters. The zero-order chi connectivity index (χ0) is 38.2. The Morgan fingerprint density at radius 1 is 0.942 bits per heavy atom. The van der Waals surface area contributed by atoms with Crippen molar-refractivity contribution in [2.24, 2.45) is 62.1 Å². The van der Waals surface area contributed by atoms with Gasteiger partial charge in [0.1, 0.15) is 11.9 Å². The Kier molecular flexibility index (Phi) is 9.94. The van der Waals surface area contributed by atoms with Crippen molar-refractivity contribution in [3.05, 3.63) is 47.3 Å². The molecular weight excluding hydrogens is 653 g/mol. The van der Waals surface area contributed by atoms with Crippen molar-refractivity contribution in [2.75, 3.05) is 0 Å². The topological polar surface area (TPSA) is 92.7 Å². The summed E-state index contributed by atoms with van der Waals surface area (Å²) >= 11 is 0. The maximum Gasteiger partial charge on any atom is 0.309 e. The average molecular weight is 720 g/mol. The van der Waals surface area contributed by atoms with Crippen LogP contribution < -0.4 is 5.32 Å². The number of amides is 1. The van der Waals surface area contributed by atoms with Crippen molar-refractivity contribution in [3.63, 3.8) is 0 Å². The standard InChI is InChI=1S/C45H66FNO5/c1-27(2)30-15-20-45(24-36(48)47-26-29-12-11-28(3)32(46)23-29)22-21-43(9)31(38(30)45)13-14-34-42(8)18-17-35(52-37(49)25-40(4,5)39(50)51)41(6,7)33(42)16-19-44(34,43)10/h11-12,23,30-31,33-35,38H,1,13-22,24-26H2,2-10H3,(H,47,48)(H,50,51)/t30-,31+,33-,34+,35-,38+,42-,43+,44+,45+/m0/s1. The number of nitrogens with one attached hydrogen (secondary N) is 1. The summed E-state index contributed by atoms with van der Waals surface area (Å²) in [5.41, 5.74) is 1.65. The average Bonchev–Trinajstić information content (AvgIpc) is 3.42. The summed E-state index contributed by atoms with van der Waals surface area (Å²) in [4.78, 5) is 38.6. The van der Waals surface area contributed by atoms with E-state index in [2.05, 4.69) is 53.4 Å². The van der Waals surface area contributed by atoms with Crippen LogP contribution in [0.1, 0.15) is 144 Å². The highest BCUT2D eigenvalue weighted by atomic mass is 19.1. The normalized spacial score (nSPS) is 39.3. The number of rotatable bonds is 9. The van der Waals surface area contributed by atoms with Gasteiger partial charge in [-0.25, -0.2) is 4.39 Å². The van der Waals surface area contributed by atoms with Crippen LogP contribution in [-0.2, 0) is 25.7 Å². The Hall–Kier alpha value is -2.70. The van der Waals surface area contributed by atoms with E-state index < -0.39 is 17.4 Å². The molecule has 1 aromatic rings. The lowest BCUT2D eigenvalue weighted by Gasteiger charge is -2.73. The molecule has 2 N–H and O–H groups in total. The highest BCUT2D eigenvalue weighted by molar-refractivity contribution is 5.81. The lowest BCUT2D eigenvalue weighted by Crippen LogP contribution is -2.67. The van der Waals surface area contributed by atoms with Crippen LogP contribution in [0.2, 0.25) is 0 Å². The highest BCUT2D eigenvalue weighted by Gasteiger charge is 2.71. The number of benzene rings is 1. The van der Waals surface area contributed by atoms with Crippen LogP contribution in [0.15, 0.2) is 30.4 Å². The first-order valence-corrected chi connectivity index (χ1v) is 20.2. The molecule has 10 atom stereocenters. The van der Waals surface area contributed by atoms with Crippen LogP contribution in [0.3, 0.4) is 0 Å². The van der Waals surface area contributed by atoms with Gasteiger partial charge in [-0.05, 0) is 160 Å². The van der Waals surface area contributed by atoms with Crippen molar-refractivity contribution < 1.29 is 28.6 Å². The largest absolute Gasteiger partial charge is 0.481 e. The summed E-state index contributed by atoms with van der Waals surface area (Å²) in [6.45, 7) is 24.3. The highest BCUT2D eigenvalue weighted by Crippen LogP contribution is 2.78. The molecule has 1 amide bonds. The predicted molar refractivity (Wildman–Crippen MR) is 202 cm³/mol. The molecule has 0 aliphatic heterocycles. The van der Waals surface area contributed by atoms with E-state index >= 15 is 0 Å². The summed E-state index contributed by atoms with van der Waals surface area (Å²) < 4.78 is 20.4. The molecule has 7 heteroatoms.